The lowest BCUT2D eigenvalue weighted by molar-refractivity contribution is -0.140. The number of benzene rings is 3. The summed E-state index contributed by atoms with van der Waals surface area (Å²) in [5, 5.41) is 51.2. The fourth-order valence-corrected chi connectivity index (χ4v) is 4.10. The third-order valence-corrected chi connectivity index (χ3v) is 5.81. The fourth-order valence-electron chi connectivity index (χ4n) is 3.90. The van der Waals surface area contributed by atoms with E-state index >= 15 is 0 Å². The number of halogens is 1. The van der Waals surface area contributed by atoms with Crippen molar-refractivity contribution in [3.8, 4) is 40.1 Å². The van der Waals surface area contributed by atoms with Crippen LogP contribution in [0.4, 0.5) is 0 Å². The summed E-state index contributed by atoms with van der Waals surface area (Å²) >= 11 is 6.14. The Bertz CT molecular complexity index is 1520. The molecule has 1 aromatic heterocycles. The Labute approximate surface area is 202 Å². The van der Waals surface area contributed by atoms with Gasteiger partial charge in [0.05, 0.1) is 13.5 Å². The highest BCUT2D eigenvalue weighted by Gasteiger charge is 2.30. The molecule has 4 rings (SSSR count). The van der Waals surface area contributed by atoms with E-state index in [9.17, 15) is 35.1 Å². The lowest BCUT2D eigenvalue weighted by atomic mass is 9.86. The van der Waals surface area contributed by atoms with Gasteiger partial charge in [-0.25, -0.2) is 0 Å². The maximum absolute atomic E-state index is 13.1. The highest BCUT2D eigenvalue weighted by atomic mass is 35.5. The smallest absolute Gasteiger partial charge is 0.306 e. The Hall–Kier alpha value is -4.37. The fraction of sp³-hybridized carbons (Fsp3) is 0.120. The van der Waals surface area contributed by atoms with Crippen molar-refractivity contribution in [1.82, 2.24) is 0 Å². The van der Waals surface area contributed by atoms with E-state index < -0.39 is 57.2 Å². The third kappa shape index (κ3) is 4.29. The summed E-state index contributed by atoms with van der Waals surface area (Å²) in [6.07, 6.45) is -0.288. The quantitative estimate of drug-likeness (QED) is 0.199. The van der Waals surface area contributed by atoms with Crippen LogP contribution >= 0.6 is 11.6 Å². The molecule has 5 N–H and O–H groups in total. The number of ether oxygens (including phenoxy) is 1. The Balaban J connectivity index is 2.09. The molecule has 0 aliphatic heterocycles. The van der Waals surface area contributed by atoms with Crippen molar-refractivity contribution in [2.45, 2.75) is 12.3 Å². The molecule has 0 amide bonds. The number of rotatable bonds is 5. The largest absolute Gasteiger partial charge is 0.507 e. The van der Waals surface area contributed by atoms with Crippen LogP contribution in [0, 0.1) is 0 Å². The van der Waals surface area contributed by atoms with E-state index in [1.165, 1.54) is 13.2 Å². The van der Waals surface area contributed by atoms with Gasteiger partial charge in [0.25, 0.3) is 0 Å². The summed E-state index contributed by atoms with van der Waals surface area (Å²) in [7, 11) is 1.19. The average molecular weight is 499 g/mol. The molecular weight excluding hydrogens is 480 g/mol. The van der Waals surface area contributed by atoms with Crippen LogP contribution in [0.25, 0.3) is 22.3 Å². The molecule has 0 radical (unpaired) electrons. The van der Waals surface area contributed by atoms with Gasteiger partial charge in [-0.1, -0.05) is 23.7 Å². The van der Waals surface area contributed by atoms with E-state index in [2.05, 4.69) is 0 Å². The Morgan fingerprint density at radius 1 is 0.971 bits per heavy atom. The van der Waals surface area contributed by atoms with E-state index in [-0.39, 0.29) is 23.1 Å². The molecule has 35 heavy (non-hydrogen) atoms. The van der Waals surface area contributed by atoms with Crippen molar-refractivity contribution in [3.63, 3.8) is 0 Å². The van der Waals surface area contributed by atoms with Crippen molar-refractivity contribution < 1.29 is 39.5 Å². The maximum atomic E-state index is 13.1. The Kier molecular flexibility index (Phi) is 6.19. The standard InChI is InChI=1S/C25H19ClO9/c1-34-19(31)9-14(11-3-2-4-13(26)7-11)20-17(29)10-18(30)21-22(32)23(33)24(35-25(20)21)12-5-6-15(27)16(28)8-12/h2-8,10,14,27-30,33H,9H2,1H3/t14-/m0/s1. The number of methoxy groups -OCH3 is 1. The number of carbonyl (C=O) groups is 1. The number of hydrogen-bond donors (Lipinski definition) is 5. The van der Waals surface area contributed by atoms with Crippen molar-refractivity contribution in [1.29, 1.82) is 0 Å². The number of hydrogen-bond acceptors (Lipinski definition) is 9. The van der Waals surface area contributed by atoms with Gasteiger partial charge in [0.15, 0.2) is 17.3 Å². The number of phenols is 4. The topological polar surface area (TPSA) is 158 Å². The molecule has 0 saturated carbocycles. The highest BCUT2D eigenvalue weighted by Crippen LogP contribution is 2.45. The SMILES string of the molecule is COC(=O)C[C@@H](c1cccc(Cl)c1)c1c(O)cc(O)c2c(=O)c(O)c(-c3ccc(O)c(O)c3)oc12. The third-order valence-electron chi connectivity index (χ3n) is 5.57. The van der Waals surface area contributed by atoms with Crippen LogP contribution in [0.15, 0.2) is 57.7 Å². The van der Waals surface area contributed by atoms with Gasteiger partial charge >= 0.3 is 5.97 Å². The molecule has 0 spiro atoms. The molecule has 9 nitrogen and oxygen atoms in total. The molecule has 1 atom stereocenters. The molecule has 3 aromatic carbocycles. The van der Waals surface area contributed by atoms with Gasteiger partial charge in [0, 0.05) is 28.1 Å². The molecule has 0 fully saturated rings. The molecular formula is C25H19ClO9. The summed E-state index contributed by atoms with van der Waals surface area (Å²) in [5.41, 5.74) is -0.855. The van der Waals surface area contributed by atoms with Gasteiger partial charge in [-0.05, 0) is 35.9 Å². The first-order valence-electron chi connectivity index (χ1n) is 10.2. The van der Waals surface area contributed by atoms with Crippen molar-refractivity contribution in [2.24, 2.45) is 0 Å². The van der Waals surface area contributed by atoms with E-state index in [0.717, 1.165) is 18.2 Å². The number of carbonyl (C=O) groups excluding carboxylic acids is 1. The predicted molar refractivity (Wildman–Crippen MR) is 126 cm³/mol. The minimum Gasteiger partial charge on any atom is -0.507 e. The summed E-state index contributed by atoms with van der Waals surface area (Å²) in [5.74, 6) is -4.96. The minimum absolute atomic E-state index is 0.0258. The minimum atomic E-state index is -1.02. The van der Waals surface area contributed by atoms with Gasteiger partial charge in [0.1, 0.15) is 22.5 Å². The Morgan fingerprint density at radius 2 is 1.71 bits per heavy atom. The Morgan fingerprint density at radius 3 is 2.37 bits per heavy atom. The molecule has 1 heterocycles. The van der Waals surface area contributed by atoms with Gasteiger partial charge in [0.2, 0.25) is 11.2 Å². The molecule has 4 aromatic rings. The second kappa shape index (κ2) is 9.11. The number of fused-ring (bicyclic) bond motifs is 1. The number of esters is 1. The van der Waals surface area contributed by atoms with Crippen molar-refractivity contribution >= 4 is 28.5 Å². The van der Waals surface area contributed by atoms with E-state index in [4.69, 9.17) is 20.8 Å². The molecule has 0 aliphatic carbocycles. The van der Waals surface area contributed by atoms with Crippen LogP contribution in [-0.4, -0.2) is 38.6 Å². The maximum Gasteiger partial charge on any atom is 0.306 e. The molecule has 0 aliphatic rings. The highest BCUT2D eigenvalue weighted by molar-refractivity contribution is 6.30. The summed E-state index contributed by atoms with van der Waals surface area (Å²) in [6.45, 7) is 0. The molecule has 0 bridgehead atoms. The van der Waals surface area contributed by atoms with Crippen LogP contribution in [0.2, 0.25) is 5.02 Å². The van der Waals surface area contributed by atoms with Crippen LogP contribution in [0.3, 0.4) is 0 Å². The molecule has 180 valence electrons. The predicted octanol–water partition coefficient (Wildman–Crippen LogP) is 4.34. The van der Waals surface area contributed by atoms with Gasteiger partial charge < -0.3 is 34.7 Å². The van der Waals surface area contributed by atoms with E-state index in [1.54, 1.807) is 24.3 Å². The molecule has 10 heteroatoms. The summed E-state index contributed by atoms with van der Waals surface area (Å²) < 4.78 is 10.7. The summed E-state index contributed by atoms with van der Waals surface area (Å²) in [6, 6.07) is 10.8. The first kappa shape index (κ1) is 23.8. The van der Waals surface area contributed by atoms with Gasteiger partial charge in [-0.15, -0.1) is 0 Å². The van der Waals surface area contributed by atoms with Crippen molar-refractivity contribution in [2.75, 3.05) is 7.11 Å². The summed E-state index contributed by atoms with van der Waals surface area (Å²) in [4.78, 5) is 25.4. The van der Waals surface area contributed by atoms with E-state index in [1.807, 2.05) is 0 Å². The number of aromatic hydroxyl groups is 5. The van der Waals surface area contributed by atoms with Gasteiger partial charge in [-0.2, -0.15) is 0 Å². The van der Waals surface area contributed by atoms with Crippen LogP contribution in [-0.2, 0) is 9.53 Å². The lowest BCUT2D eigenvalue weighted by Gasteiger charge is -2.20. The van der Waals surface area contributed by atoms with Crippen molar-refractivity contribution in [3.05, 3.63) is 74.9 Å². The zero-order chi connectivity index (χ0) is 25.4. The first-order valence-corrected chi connectivity index (χ1v) is 10.6. The lowest BCUT2D eigenvalue weighted by Crippen LogP contribution is -2.12. The molecule has 0 unspecified atom stereocenters. The second-order valence-electron chi connectivity index (χ2n) is 7.73. The first-order chi connectivity index (χ1) is 16.6. The van der Waals surface area contributed by atoms with Gasteiger partial charge in [-0.3, -0.25) is 9.59 Å². The zero-order valence-corrected chi connectivity index (χ0v) is 18.9. The molecule has 0 saturated heterocycles. The van der Waals surface area contributed by atoms with E-state index in [0.29, 0.717) is 10.6 Å². The van der Waals surface area contributed by atoms with Crippen LogP contribution < -0.4 is 5.43 Å². The number of phenolic OH excluding ortho intramolecular Hbond substituents is 4. The monoisotopic (exact) mass is 498 g/mol. The average Bonchev–Trinajstić information content (AvgIpc) is 2.81. The zero-order valence-electron chi connectivity index (χ0n) is 18.2. The van der Waals surface area contributed by atoms with Crippen LogP contribution in [0.1, 0.15) is 23.5 Å². The normalized spacial score (nSPS) is 11.9. The second-order valence-corrected chi connectivity index (χ2v) is 8.17. The van der Waals surface area contributed by atoms with Crippen LogP contribution in [0.5, 0.6) is 28.7 Å².